The Kier molecular flexibility index (Phi) is 5.18. The number of nitrogens with zero attached hydrogens (tertiary/aromatic N) is 4. The van der Waals surface area contributed by atoms with Crippen molar-refractivity contribution in [1.82, 2.24) is 19.7 Å². The number of aromatic nitrogens is 4. The molecular formula is C17H16FN5O3. The molecule has 0 aliphatic heterocycles. The van der Waals surface area contributed by atoms with Crippen molar-refractivity contribution in [1.29, 1.82) is 0 Å². The number of ether oxygens (including phenoxy) is 1. The first-order valence-corrected chi connectivity index (χ1v) is 7.72. The van der Waals surface area contributed by atoms with Crippen LogP contribution in [-0.2, 0) is 11.3 Å². The zero-order valence-corrected chi connectivity index (χ0v) is 13.9. The zero-order valence-electron chi connectivity index (χ0n) is 13.9. The fourth-order valence-corrected chi connectivity index (χ4v) is 2.29. The quantitative estimate of drug-likeness (QED) is 0.651. The highest BCUT2D eigenvalue weighted by molar-refractivity contribution is 5.89. The maximum absolute atomic E-state index is 14.1. The van der Waals surface area contributed by atoms with Crippen molar-refractivity contribution >= 4 is 17.6 Å². The van der Waals surface area contributed by atoms with E-state index in [2.05, 4.69) is 25.1 Å². The van der Waals surface area contributed by atoms with Crippen LogP contribution in [0.3, 0.4) is 0 Å². The summed E-state index contributed by atoms with van der Waals surface area (Å²) >= 11 is 0. The van der Waals surface area contributed by atoms with Crippen LogP contribution in [0.5, 0.6) is 0 Å². The van der Waals surface area contributed by atoms with Gasteiger partial charge < -0.3 is 15.2 Å². The van der Waals surface area contributed by atoms with Crippen LogP contribution in [0.1, 0.15) is 10.4 Å². The summed E-state index contributed by atoms with van der Waals surface area (Å²) < 4.78 is 20.3. The molecule has 9 heteroatoms. The minimum Gasteiger partial charge on any atom is -0.465 e. The van der Waals surface area contributed by atoms with Gasteiger partial charge >= 0.3 is 5.97 Å². The summed E-state index contributed by atoms with van der Waals surface area (Å²) in [6.07, 6.45) is 4.29. The van der Waals surface area contributed by atoms with Gasteiger partial charge in [-0.2, -0.15) is 5.10 Å². The average Bonchev–Trinajstić information content (AvgIpc) is 3.10. The Labute approximate surface area is 148 Å². The Morgan fingerprint density at radius 1 is 1.31 bits per heavy atom. The fourth-order valence-electron chi connectivity index (χ4n) is 2.29. The van der Waals surface area contributed by atoms with Gasteiger partial charge in [0.2, 0.25) is 5.95 Å². The second-order valence-electron chi connectivity index (χ2n) is 5.30. The first kappa shape index (κ1) is 17.5. The summed E-state index contributed by atoms with van der Waals surface area (Å²) in [5, 5.41) is 15.9. The number of hydrogen-bond acceptors (Lipinski definition) is 7. The fraction of sp³-hybridized carbons (Fsp3) is 0.176. The van der Waals surface area contributed by atoms with E-state index in [9.17, 15) is 9.18 Å². The van der Waals surface area contributed by atoms with Crippen LogP contribution in [0.4, 0.5) is 16.0 Å². The third-order valence-corrected chi connectivity index (χ3v) is 3.54. The van der Waals surface area contributed by atoms with E-state index in [0.717, 1.165) is 6.20 Å². The summed E-state index contributed by atoms with van der Waals surface area (Å²) in [7, 11) is 1.29. The zero-order chi connectivity index (χ0) is 18.5. The van der Waals surface area contributed by atoms with E-state index in [1.165, 1.54) is 19.2 Å². The third-order valence-electron chi connectivity index (χ3n) is 3.54. The maximum atomic E-state index is 14.1. The van der Waals surface area contributed by atoms with E-state index in [-0.39, 0.29) is 18.2 Å². The Morgan fingerprint density at radius 3 is 2.77 bits per heavy atom. The van der Waals surface area contributed by atoms with Gasteiger partial charge in [0, 0.05) is 11.8 Å². The highest BCUT2D eigenvalue weighted by Crippen LogP contribution is 2.23. The smallest absolute Gasteiger partial charge is 0.337 e. The van der Waals surface area contributed by atoms with Gasteiger partial charge in [0.05, 0.1) is 43.9 Å². The standard InChI is InChI=1S/C17H16FN5O3/c1-26-16(25)12-4-2-11(3-5-12)15-14(18)9-19-17(22-15)21-13-8-20-23(10-13)6-7-24/h2-5,8-10,24H,6-7H2,1H3,(H,19,21,22). The summed E-state index contributed by atoms with van der Waals surface area (Å²) in [4.78, 5) is 19.6. The largest absolute Gasteiger partial charge is 0.465 e. The molecule has 0 radical (unpaired) electrons. The van der Waals surface area contributed by atoms with Gasteiger partial charge in [-0.25, -0.2) is 19.2 Å². The molecule has 0 saturated heterocycles. The summed E-state index contributed by atoms with van der Waals surface area (Å²) in [6.45, 7) is 0.337. The van der Waals surface area contributed by atoms with Crippen molar-refractivity contribution < 1.29 is 19.0 Å². The number of carbonyl (C=O) groups is 1. The average molecular weight is 357 g/mol. The molecule has 2 aromatic heterocycles. The molecule has 3 aromatic rings. The number of carbonyl (C=O) groups excluding carboxylic acids is 1. The minimum atomic E-state index is -0.586. The number of nitrogens with one attached hydrogen (secondary N) is 1. The minimum absolute atomic E-state index is 0.0279. The van der Waals surface area contributed by atoms with Crippen LogP contribution < -0.4 is 5.32 Å². The topological polar surface area (TPSA) is 102 Å². The van der Waals surface area contributed by atoms with Crippen molar-refractivity contribution in [2.24, 2.45) is 0 Å². The number of esters is 1. The van der Waals surface area contributed by atoms with Gasteiger partial charge in [-0.15, -0.1) is 0 Å². The first-order chi connectivity index (χ1) is 12.6. The van der Waals surface area contributed by atoms with Gasteiger partial charge in [0.1, 0.15) is 5.69 Å². The number of aliphatic hydroxyl groups excluding tert-OH is 1. The molecule has 2 N–H and O–H groups in total. The van der Waals surface area contributed by atoms with Crippen molar-refractivity contribution in [3.63, 3.8) is 0 Å². The lowest BCUT2D eigenvalue weighted by Gasteiger charge is -2.07. The number of hydrogen-bond donors (Lipinski definition) is 2. The van der Waals surface area contributed by atoms with Crippen LogP contribution in [0.2, 0.25) is 0 Å². The maximum Gasteiger partial charge on any atom is 0.337 e. The van der Waals surface area contributed by atoms with Crippen LogP contribution in [0, 0.1) is 5.82 Å². The van der Waals surface area contributed by atoms with Crippen molar-refractivity contribution in [2.45, 2.75) is 6.54 Å². The molecule has 0 amide bonds. The van der Waals surface area contributed by atoms with E-state index < -0.39 is 11.8 Å². The molecule has 134 valence electrons. The predicted octanol–water partition coefficient (Wildman–Crippen LogP) is 2.00. The summed E-state index contributed by atoms with van der Waals surface area (Å²) in [6, 6.07) is 6.24. The molecule has 26 heavy (non-hydrogen) atoms. The molecule has 2 heterocycles. The van der Waals surface area contributed by atoms with Crippen molar-refractivity contribution in [3.8, 4) is 11.3 Å². The van der Waals surface area contributed by atoms with Crippen LogP contribution in [0.25, 0.3) is 11.3 Å². The van der Waals surface area contributed by atoms with Crippen molar-refractivity contribution in [3.05, 3.63) is 54.2 Å². The van der Waals surface area contributed by atoms with E-state index in [1.807, 2.05) is 0 Å². The molecule has 8 nitrogen and oxygen atoms in total. The molecule has 0 bridgehead atoms. The second-order valence-corrected chi connectivity index (χ2v) is 5.30. The molecule has 0 atom stereocenters. The normalized spacial score (nSPS) is 10.6. The second kappa shape index (κ2) is 7.70. The number of aliphatic hydroxyl groups is 1. The Bertz CT molecular complexity index is 911. The lowest BCUT2D eigenvalue weighted by molar-refractivity contribution is 0.0600. The van der Waals surface area contributed by atoms with E-state index >= 15 is 0 Å². The lowest BCUT2D eigenvalue weighted by Crippen LogP contribution is -2.03. The summed E-state index contributed by atoms with van der Waals surface area (Å²) in [5.41, 5.74) is 1.57. The summed E-state index contributed by atoms with van der Waals surface area (Å²) in [5.74, 6) is -0.860. The van der Waals surface area contributed by atoms with E-state index in [4.69, 9.17) is 5.11 Å². The monoisotopic (exact) mass is 357 g/mol. The molecule has 0 fully saturated rings. The number of benzene rings is 1. The molecule has 3 rings (SSSR count). The van der Waals surface area contributed by atoms with Crippen molar-refractivity contribution in [2.75, 3.05) is 19.0 Å². The van der Waals surface area contributed by atoms with Crippen LogP contribution in [0.15, 0.2) is 42.9 Å². The van der Waals surface area contributed by atoms with Gasteiger partial charge in [0.25, 0.3) is 0 Å². The van der Waals surface area contributed by atoms with Crippen LogP contribution >= 0.6 is 0 Å². The predicted molar refractivity (Wildman–Crippen MR) is 91.4 cm³/mol. The number of anilines is 2. The Balaban J connectivity index is 1.84. The van der Waals surface area contributed by atoms with Gasteiger partial charge in [-0.05, 0) is 12.1 Å². The highest BCUT2D eigenvalue weighted by Gasteiger charge is 2.12. The van der Waals surface area contributed by atoms with Crippen LogP contribution in [-0.4, -0.2) is 44.5 Å². The molecule has 0 spiro atoms. The van der Waals surface area contributed by atoms with Gasteiger partial charge in [-0.1, -0.05) is 12.1 Å². The molecule has 0 unspecified atom stereocenters. The van der Waals surface area contributed by atoms with Gasteiger partial charge in [-0.3, -0.25) is 4.68 Å². The SMILES string of the molecule is COC(=O)c1ccc(-c2nc(Nc3cnn(CCO)c3)ncc2F)cc1. The van der Waals surface area contributed by atoms with E-state index in [1.54, 1.807) is 29.2 Å². The molecule has 0 aliphatic carbocycles. The van der Waals surface area contributed by atoms with E-state index in [0.29, 0.717) is 23.4 Å². The molecular weight excluding hydrogens is 341 g/mol. The first-order valence-electron chi connectivity index (χ1n) is 7.72. The third kappa shape index (κ3) is 3.83. The molecule has 1 aromatic carbocycles. The van der Waals surface area contributed by atoms with Gasteiger partial charge in [0.15, 0.2) is 5.82 Å². The number of methoxy groups -OCH3 is 1. The highest BCUT2D eigenvalue weighted by atomic mass is 19.1. The Morgan fingerprint density at radius 2 is 2.08 bits per heavy atom. The lowest BCUT2D eigenvalue weighted by atomic mass is 10.1. The molecule has 0 aliphatic rings. The molecule has 0 saturated carbocycles. The number of rotatable bonds is 6. The number of halogens is 1. The Hall–Kier alpha value is -3.33.